The maximum atomic E-state index is 11.7. The molecule has 0 aliphatic rings. The van der Waals surface area contributed by atoms with Gasteiger partial charge in [0, 0.05) is 6.54 Å². The summed E-state index contributed by atoms with van der Waals surface area (Å²) in [5, 5.41) is 2.92. The lowest BCUT2D eigenvalue weighted by atomic mass is 10.1. The van der Waals surface area contributed by atoms with Gasteiger partial charge in [-0.25, -0.2) is 4.98 Å². The minimum atomic E-state index is 0.0688. The Labute approximate surface area is 107 Å². The number of hydrogen-bond donors (Lipinski definition) is 2. The predicted molar refractivity (Wildman–Crippen MR) is 72.4 cm³/mol. The van der Waals surface area contributed by atoms with E-state index in [1.807, 2.05) is 25.1 Å². The van der Waals surface area contributed by atoms with Crippen LogP contribution in [-0.2, 0) is 11.2 Å². The van der Waals surface area contributed by atoms with Crippen LogP contribution in [0.2, 0.25) is 0 Å². The summed E-state index contributed by atoms with van der Waals surface area (Å²) in [7, 11) is 0. The molecule has 0 bridgehead atoms. The van der Waals surface area contributed by atoms with Gasteiger partial charge in [0.25, 0.3) is 0 Å². The average molecular weight is 245 g/mol. The third-order valence-corrected chi connectivity index (χ3v) is 2.74. The number of imidazole rings is 1. The Kier molecular flexibility index (Phi) is 3.65. The average Bonchev–Trinajstić information content (AvgIpc) is 2.66. The number of H-pyrrole nitrogens is 1. The molecule has 0 unspecified atom stereocenters. The van der Waals surface area contributed by atoms with Crippen LogP contribution in [0, 0.1) is 12.8 Å². The van der Waals surface area contributed by atoms with E-state index in [4.69, 9.17) is 0 Å². The zero-order chi connectivity index (χ0) is 13.1. The highest BCUT2D eigenvalue weighted by molar-refractivity contribution is 5.81. The fourth-order valence-corrected chi connectivity index (χ4v) is 1.86. The second-order valence-corrected chi connectivity index (χ2v) is 5.05. The lowest BCUT2D eigenvalue weighted by molar-refractivity contribution is -0.120. The van der Waals surface area contributed by atoms with Crippen LogP contribution in [0.15, 0.2) is 18.2 Å². The molecule has 1 aromatic carbocycles. The maximum Gasteiger partial charge on any atom is 0.224 e. The quantitative estimate of drug-likeness (QED) is 0.867. The summed E-state index contributed by atoms with van der Waals surface area (Å²) >= 11 is 0. The number of hydrogen-bond acceptors (Lipinski definition) is 2. The van der Waals surface area contributed by atoms with Crippen molar-refractivity contribution in [2.45, 2.75) is 27.2 Å². The molecular weight excluding hydrogens is 226 g/mol. The number of amides is 1. The first kappa shape index (κ1) is 12.6. The van der Waals surface area contributed by atoms with Gasteiger partial charge in [0.15, 0.2) is 0 Å². The molecule has 2 N–H and O–H groups in total. The minimum absolute atomic E-state index is 0.0688. The summed E-state index contributed by atoms with van der Waals surface area (Å²) in [5.41, 5.74) is 2.94. The molecule has 4 nitrogen and oxygen atoms in total. The van der Waals surface area contributed by atoms with Gasteiger partial charge < -0.3 is 10.3 Å². The molecule has 96 valence electrons. The molecule has 0 spiro atoms. The van der Waals surface area contributed by atoms with Gasteiger partial charge in [0.2, 0.25) is 5.91 Å². The molecule has 0 fully saturated rings. The molecule has 0 saturated heterocycles. The summed E-state index contributed by atoms with van der Waals surface area (Å²) in [6.45, 7) is 6.82. The zero-order valence-electron chi connectivity index (χ0n) is 11.1. The van der Waals surface area contributed by atoms with Gasteiger partial charge in [0.1, 0.15) is 5.82 Å². The standard InChI is InChI=1S/C14H19N3O/c1-9(2)8-15-14(18)7-11-4-5-12-13(6-11)17-10(3)16-12/h4-6,9H,7-8H2,1-3H3,(H,15,18)(H,16,17). The van der Waals surface area contributed by atoms with Gasteiger partial charge in [-0.3, -0.25) is 4.79 Å². The van der Waals surface area contributed by atoms with Gasteiger partial charge >= 0.3 is 0 Å². The molecule has 0 atom stereocenters. The van der Waals surface area contributed by atoms with Gasteiger partial charge in [-0.05, 0) is 30.5 Å². The molecule has 0 aliphatic heterocycles. The number of carbonyl (C=O) groups excluding carboxylic acids is 1. The monoisotopic (exact) mass is 245 g/mol. The second-order valence-electron chi connectivity index (χ2n) is 5.05. The van der Waals surface area contributed by atoms with Gasteiger partial charge in [-0.1, -0.05) is 19.9 Å². The van der Waals surface area contributed by atoms with E-state index in [1.54, 1.807) is 0 Å². The zero-order valence-corrected chi connectivity index (χ0v) is 11.1. The van der Waals surface area contributed by atoms with Crippen molar-refractivity contribution in [3.8, 4) is 0 Å². The molecule has 0 radical (unpaired) electrons. The Balaban J connectivity index is 2.05. The van der Waals surface area contributed by atoms with E-state index in [2.05, 4.69) is 29.1 Å². The van der Waals surface area contributed by atoms with Crippen LogP contribution in [0.4, 0.5) is 0 Å². The van der Waals surface area contributed by atoms with E-state index >= 15 is 0 Å². The highest BCUT2D eigenvalue weighted by Crippen LogP contribution is 2.13. The summed E-state index contributed by atoms with van der Waals surface area (Å²) in [6, 6.07) is 5.89. The highest BCUT2D eigenvalue weighted by atomic mass is 16.1. The first-order valence-corrected chi connectivity index (χ1v) is 6.26. The summed E-state index contributed by atoms with van der Waals surface area (Å²) in [6.07, 6.45) is 0.417. The molecule has 1 amide bonds. The van der Waals surface area contributed by atoms with Crippen molar-refractivity contribution in [2.75, 3.05) is 6.54 Å². The van der Waals surface area contributed by atoms with Gasteiger partial charge in [-0.15, -0.1) is 0 Å². The summed E-state index contributed by atoms with van der Waals surface area (Å²) in [4.78, 5) is 19.2. The van der Waals surface area contributed by atoms with Crippen LogP contribution in [0.3, 0.4) is 0 Å². The van der Waals surface area contributed by atoms with Crippen LogP contribution >= 0.6 is 0 Å². The molecule has 18 heavy (non-hydrogen) atoms. The summed E-state index contributed by atoms with van der Waals surface area (Å²) < 4.78 is 0. The molecule has 0 saturated carbocycles. The number of rotatable bonds is 4. The van der Waals surface area contributed by atoms with Gasteiger partial charge in [-0.2, -0.15) is 0 Å². The Morgan fingerprint density at radius 2 is 2.22 bits per heavy atom. The van der Waals surface area contributed by atoms with Crippen molar-refractivity contribution in [1.82, 2.24) is 15.3 Å². The van der Waals surface area contributed by atoms with E-state index in [0.29, 0.717) is 12.3 Å². The number of aromatic amines is 1. The number of fused-ring (bicyclic) bond motifs is 1. The SMILES string of the molecule is Cc1nc2ccc(CC(=O)NCC(C)C)cc2[nH]1. The van der Waals surface area contributed by atoms with E-state index < -0.39 is 0 Å². The van der Waals surface area contributed by atoms with Crippen molar-refractivity contribution in [1.29, 1.82) is 0 Å². The minimum Gasteiger partial charge on any atom is -0.356 e. The first-order valence-electron chi connectivity index (χ1n) is 6.26. The van der Waals surface area contributed by atoms with Crippen LogP contribution in [0.5, 0.6) is 0 Å². The topological polar surface area (TPSA) is 57.8 Å². The number of aryl methyl sites for hydroxylation is 1. The normalized spacial score (nSPS) is 11.1. The lowest BCUT2D eigenvalue weighted by Gasteiger charge is -2.07. The predicted octanol–water partition coefficient (Wildman–Crippen LogP) is 2.19. The van der Waals surface area contributed by atoms with Crippen LogP contribution in [-0.4, -0.2) is 22.4 Å². The fourth-order valence-electron chi connectivity index (χ4n) is 1.86. The third-order valence-electron chi connectivity index (χ3n) is 2.74. The molecule has 2 rings (SSSR count). The van der Waals surface area contributed by atoms with Crippen molar-refractivity contribution < 1.29 is 4.79 Å². The largest absolute Gasteiger partial charge is 0.356 e. The lowest BCUT2D eigenvalue weighted by Crippen LogP contribution is -2.28. The third kappa shape index (κ3) is 3.09. The number of nitrogens with zero attached hydrogens (tertiary/aromatic N) is 1. The maximum absolute atomic E-state index is 11.7. The van der Waals surface area contributed by atoms with Crippen molar-refractivity contribution in [3.05, 3.63) is 29.6 Å². The Morgan fingerprint density at radius 3 is 2.94 bits per heavy atom. The first-order chi connectivity index (χ1) is 8.54. The number of benzene rings is 1. The van der Waals surface area contributed by atoms with Crippen molar-refractivity contribution >= 4 is 16.9 Å². The highest BCUT2D eigenvalue weighted by Gasteiger charge is 2.06. The van der Waals surface area contributed by atoms with Gasteiger partial charge in [0.05, 0.1) is 17.5 Å². The second kappa shape index (κ2) is 5.21. The van der Waals surface area contributed by atoms with E-state index in [-0.39, 0.29) is 5.91 Å². The van der Waals surface area contributed by atoms with Crippen LogP contribution in [0.25, 0.3) is 11.0 Å². The molecule has 0 aliphatic carbocycles. The van der Waals surface area contributed by atoms with Crippen molar-refractivity contribution in [2.24, 2.45) is 5.92 Å². The van der Waals surface area contributed by atoms with Crippen LogP contribution < -0.4 is 5.32 Å². The molecule has 1 heterocycles. The Morgan fingerprint density at radius 1 is 1.44 bits per heavy atom. The molecule has 1 aromatic heterocycles. The van der Waals surface area contributed by atoms with E-state index in [1.165, 1.54) is 0 Å². The van der Waals surface area contributed by atoms with E-state index in [0.717, 1.165) is 29.0 Å². The number of nitrogens with one attached hydrogen (secondary N) is 2. The molecule has 2 aromatic rings. The summed E-state index contributed by atoms with van der Waals surface area (Å²) in [5.74, 6) is 1.44. The molecular formula is C14H19N3O. The smallest absolute Gasteiger partial charge is 0.224 e. The number of carbonyl (C=O) groups is 1. The Hall–Kier alpha value is -1.84. The number of aromatic nitrogens is 2. The van der Waals surface area contributed by atoms with E-state index in [9.17, 15) is 4.79 Å². The molecule has 4 heteroatoms. The van der Waals surface area contributed by atoms with Crippen LogP contribution in [0.1, 0.15) is 25.2 Å². The Bertz CT molecular complexity index is 557. The fraction of sp³-hybridized carbons (Fsp3) is 0.429. The van der Waals surface area contributed by atoms with Crippen molar-refractivity contribution in [3.63, 3.8) is 0 Å².